The van der Waals surface area contributed by atoms with E-state index in [9.17, 15) is 0 Å². The molecular weight excluding hydrogens is 202 g/mol. The molecule has 4 nitrogen and oxygen atoms in total. The summed E-state index contributed by atoms with van der Waals surface area (Å²) >= 11 is 0. The number of aromatic nitrogens is 2. The lowest BCUT2D eigenvalue weighted by atomic mass is 10.0. The molecule has 0 spiro atoms. The Bertz CT molecular complexity index is 365. The zero-order chi connectivity index (χ0) is 11.2. The summed E-state index contributed by atoms with van der Waals surface area (Å²) in [4.78, 5) is 8.48. The van der Waals surface area contributed by atoms with Gasteiger partial charge in [0.05, 0.1) is 6.61 Å². The van der Waals surface area contributed by atoms with Crippen LogP contribution in [0, 0.1) is 0 Å². The quantitative estimate of drug-likeness (QED) is 0.790. The van der Waals surface area contributed by atoms with Gasteiger partial charge in [-0.15, -0.1) is 0 Å². The first-order chi connectivity index (χ1) is 7.88. The Morgan fingerprint density at radius 3 is 3.19 bits per heavy atom. The van der Waals surface area contributed by atoms with Crippen molar-refractivity contribution in [1.82, 2.24) is 9.97 Å². The molecule has 1 unspecified atom stereocenters. The maximum atomic E-state index is 5.33. The molecule has 0 saturated heterocycles. The largest absolute Gasteiger partial charge is 0.478 e. The molecule has 86 valence electrons. The van der Waals surface area contributed by atoms with E-state index >= 15 is 0 Å². The Hall–Kier alpha value is -1.58. The number of ether oxygens (including phenoxy) is 1. The first-order valence-corrected chi connectivity index (χ1v) is 5.76. The fourth-order valence-corrected chi connectivity index (χ4v) is 1.75. The van der Waals surface area contributed by atoms with E-state index in [1.807, 2.05) is 6.92 Å². The lowest BCUT2D eigenvalue weighted by Crippen LogP contribution is -2.21. The first kappa shape index (κ1) is 10.9. The summed E-state index contributed by atoms with van der Waals surface area (Å²) in [7, 11) is 0. The van der Waals surface area contributed by atoms with Gasteiger partial charge in [-0.25, -0.2) is 4.98 Å². The summed E-state index contributed by atoms with van der Waals surface area (Å²) in [5, 5.41) is 3.33. The fourth-order valence-electron chi connectivity index (χ4n) is 1.75. The molecule has 0 saturated carbocycles. The number of nitrogens with zero attached hydrogens (tertiary/aromatic N) is 2. The Balaban J connectivity index is 1.97. The second kappa shape index (κ2) is 5.49. The van der Waals surface area contributed by atoms with E-state index in [2.05, 4.69) is 27.4 Å². The van der Waals surface area contributed by atoms with Gasteiger partial charge >= 0.3 is 0 Å². The van der Waals surface area contributed by atoms with Crippen molar-refractivity contribution in [2.24, 2.45) is 0 Å². The smallest absolute Gasteiger partial charge is 0.226 e. The molecule has 0 bridgehead atoms. The van der Waals surface area contributed by atoms with Gasteiger partial charge < -0.3 is 10.1 Å². The van der Waals surface area contributed by atoms with Crippen LogP contribution in [-0.2, 0) is 0 Å². The maximum Gasteiger partial charge on any atom is 0.226 e. The number of anilines is 1. The number of allylic oxidation sites excluding steroid dienone is 1. The van der Waals surface area contributed by atoms with Crippen LogP contribution in [0.3, 0.4) is 0 Å². The van der Waals surface area contributed by atoms with Crippen molar-refractivity contribution in [2.75, 3.05) is 11.9 Å². The average Bonchev–Trinajstić information content (AvgIpc) is 2.31. The molecule has 0 fully saturated rings. The van der Waals surface area contributed by atoms with E-state index in [1.54, 1.807) is 12.3 Å². The fraction of sp³-hybridized carbons (Fsp3) is 0.500. The van der Waals surface area contributed by atoms with Gasteiger partial charge in [0.1, 0.15) is 0 Å². The van der Waals surface area contributed by atoms with E-state index in [4.69, 9.17) is 4.74 Å². The van der Waals surface area contributed by atoms with Crippen LogP contribution in [0.15, 0.2) is 24.4 Å². The zero-order valence-electron chi connectivity index (χ0n) is 9.52. The monoisotopic (exact) mass is 219 g/mol. The van der Waals surface area contributed by atoms with Crippen molar-refractivity contribution in [3.8, 4) is 5.88 Å². The van der Waals surface area contributed by atoms with Crippen LogP contribution in [0.2, 0.25) is 0 Å². The van der Waals surface area contributed by atoms with E-state index in [-0.39, 0.29) is 0 Å². The van der Waals surface area contributed by atoms with Crippen LogP contribution in [-0.4, -0.2) is 22.6 Å². The molecule has 0 radical (unpaired) electrons. The molecule has 1 aromatic rings. The second-order valence-corrected chi connectivity index (χ2v) is 3.78. The van der Waals surface area contributed by atoms with Crippen molar-refractivity contribution < 1.29 is 4.74 Å². The third kappa shape index (κ3) is 2.95. The Morgan fingerprint density at radius 2 is 2.44 bits per heavy atom. The Morgan fingerprint density at radius 1 is 1.50 bits per heavy atom. The van der Waals surface area contributed by atoms with Gasteiger partial charge in [-0.2, -0.15) is 4.98 Å². The lowest BCUT2D eigenvalue weighted by molar-refractivity contribution is 0.326. The molecule has 2 rings (SSSR count). The molecular formula is C12H17N3O. The van der Waals surface area contributed by atoms with Gasteiger partial charge in [0.25, 0.3) is 0 Å². The van der Waals surface area contributed by atoms with Gasteiger partial charge in [-0.05, 0) is 26.2 Å². The van der Waals surface area contributed by atoms with Crippen molar-refractivity contribution in [3.05, 3.63) is 24.4 Å². The van der Waals surface area contributed by atoms with E-state index < -0.39 is 0 Å². The van der Waals surface area contributed by atoms with E-state index in [0.29, 0.717) is 24.5 Å². The van der Waals surface area contributed by atoms with E-state index in [0.717, 1.165) is 19.3 Å². The van der Waals surface area contributed by atoms with E-state index in [1.165, 1.54) is 0 Å². The molecule has 16 heavy (non-hydrogen) atoms. The topological polar surface area (TPSA) is 47.0 Å². The summed E-state index contributed by atoms with van der Waals surface area (Å²) < 4.78 is 5.33. The van der Waals surface area contributed by atoms with Gasteiger partial charge in [0, 0.05) is 18.3 Å². The summed E-state index contributed by atoms with van der Waals surface area (Å²) in [6.45, 7) is 2.57. The summed E-state index contributed by atoms with van der Waals surface area (Å²) in [5.74, 6) is 1.29. The van der Waals surface area contributed by atoms with Crippen LogP contribution >= 0.6 is 0 Å². The molecule has 0 aliphatic heterocycles. The summed E-state index contributed by atoms with van der Waals surface area (Å²) in [5.41, 5.74) is 0. The lowest BCUT2D eigenvalue weighted by Gasteiger charge is -2.19. The van der Waals surface area contributed by atoms with Gasteiger partial charge in [-0.1, -0.05) is 12.2 Å². The molecule has 4 heteroatoms. The summed E-state index contributed by atoms with van der Waals surface area (Å²) in [6, 6.07) is 2.22. The minimum absolute atomic E-state index is 0.446. The third-order valence-electron chi connectivity index (χ3n) is 2.52. The average molecular weight is 219 g/mol. The van der Waals surface area contributed by atoms with Crippen LogP contribution in [0.5, 0.6) is 5.88 Å². The minimum atomic E-state index is 0.446. The SMILES string of the molecule is CCOc1ccnc(NC2CC=CCC2)n1. The van der Waals surface area contributed by atoms with Crippen LogP contribution in [0.25, 0.3) is 0 Å². The molecule has 1 aliphatic rings. The highest BCUT2D eigenvalue weighted by molar-refractivity contribution is 5.29. The van der Waals surface area contributed by atoms with Crippen molar-refractivity contribution >= 4 is 5.95 Å². The van der Waals surface area contributed by atoms with Crippen molar-refractivity contribution in [2.45, 2.75) is 32.2 Å². The maximum absolute atomic E-state index is 5.33. The van der Waals surface area contributed by atoms with Crippen LogP contribution < -0.4 is 10.1 Å². The highest BCUT2D eigenvalue weighted by Gasteiger charge is 2.10. The highest BCUT2D eigenvalue weighted by atomic mass is 16.5. The van der Waals surface area contributed by atoms with Gasteiger partial charge in [0.2, 0.25) is 11.8 Å². The number of rotatable bonds is 4. The summed E-state index contributed by atoms with van der Waals surface area (Å²) in [6.07, 6.45) is 9.45. The Labute approximate surface area is 95.8 Å². The van der Waals surface area contributed by atoms with Crippen LogP contribution in [0.1, 0.15) is 26.2 Å². The molecule has 1 N–H and O–H groups in total. The molecule has 0 amide bonds. The molecule has 1 heterocycles. The number of hydrogen-bond acceptors (Lipinski definition) is 4. The third-order valence-corrected chi connectivity index (χ3v) is 2.52. The van der Waals surface area contributed by atoms with Gasteiger partial charge in [-0.3, -0.25) is 0 Å². The molecule has 1 atom stereocenters. The Kier molecular flexibility index (Phi) is 3.75. The molecule has 1 aliphatic carbocycles. The molecule has 0 aromatic carbocycles. The van der Waals surface area contributed by atoms with Gasteiger partial charge in [0.15, 0.2) is 0 Å². The normalized spacial score (nSPS) is 19.4. The second-order valence-electron chi connectivity index (χ2n) is 3.78. The minimum Gasteiger partial charge on any atom is -0.478 e. The predicted octanol–water partition coefficient (Wildman–Crippen LogP) is 2.40. The van der Waals surface area contributed by atoms with Crippen LogP contribution in [0.4, 0.5) is 5.95 Å². The predicted molar refractivity (Wildman–Crippen MR) is 63.6 cm³/mol. The molecule has 1 aromatic heterocycles. The zero-order valence-corrected chi connectivity index (χ0v) is 9.52. The number of nitrogens with one attached hydrogen (secondary N) is 1. The van der Waals surface area contributed by atoms with Crippen molar-refractivity contribution in [1.29, 1.82) is 0 Å². The highest BCUT2D eigenvalue weighted by Crippen LogP contribution is 2.16. The first-order valence-electron chi connectivity index (χ1n) is 5.76. The standard InChI is InChI=1S/C12H17N3O/c1-2-16-11-8-9-13-12(15-11)14-10-6-4-3-5-7-10/h3-4,8-10H,2,5-7H2,1H3,(H,13,14,15). The number of hydrogen-bond donors (Lipinski definition) is 1. The van der Waals surface area contributed by atoms with Crippen molar-refractivity contribution in [3.63, 3.8) is 0 Å².